The van der Waals surface area contributed by atoms with E-state index in [-0.39, 0.29) is 10.8 Å². The van der Waals surface area contributed by atoms with Gasteiger partial charge in [0, 0.05) is 17.9 Å². The predicted molar refractivity (Wildman–Crippen MR) is 84.0 cm³/mol. The fraction of sp³-hybridized carbons (Fsp3) is 0.385. The second-order valence-corrected chi connectivity index (χ2v) is 7.24. The molecule has 1 heterocycles. The van der Waals surface area contributed by atoms with Crippen LogP contribution in [0.3, 0.4) is 0 Å². The van der Waals surface area contributed by atoms with E-state index in [4.69, 9.17) is 5.73 Å². The van der Waals surface area contributed by atoms with E-state index >= 15 is 0 Å². The lowest BCUT2D eigenvalue weighted by Crippen LogP contribution is -2.49. The maximum absolute atomic E-state index is 11.6. The molecule has 21 heavy (non-hydrogen) atoms. The van der Waals surface area contributed by atoms with Gasteiger partial charge in [0.1, 0.15) is 0 Å². The Kier molecular flexibility index (Phi) is 4.02. The normalized spacial score (nSPS) is 21.9. The first-order valence-electron chi connectivity index (χ1n) is 6.47. The Morgan fingerprint density at radius 1 is 1.38 bits per heavy atom. The summed E-state index contributed by atoms with van der Waals surface area (Å²) in [5.74, 6) is -0.580. The number of guanidine groups is 1. The first kappa shape index (κ1) is 15.5. The molecule has 1 unspecified atom stereocenters. The average Bonchev–Trinajstić information content (AvgIpc) is 2.38. The Bertz CT molecular complexity index is 696. The number of nitrogens with zero attached hydrogens (tertiary/aromatic N) is 2. The third-order valence-corrected chi connectivity index (χ3v) is 4.25. The van der Waals surface area contributed by atoms with Gasteiger partial charge in [-0.2, -0.15) is 0 Å². The van der Waals surface area contributed by atoms with Crippen molar-refractivity contribution in [2.24, 2.45) is 21.6 Å². The maximum Gasteiger partial charge on any atom is 0.209 e. The molecule has 8 heteroatoms. The van der Waals surface area contributed by atoms with Gasteiger partial charge < -0.3 is 10.6 Å². The molecule has 1 aromatic carbocycles. The minimum absolute atomic E-state index is 0.0232. The Morgan fingerprint density at radius 3 is 2.71 bits per heavy atom. The summed E-state index contributed by atoms with van der Waals surface area (Å²) in [7, 11) is -3.25. The fourth-order valence-corrected chi connectivity index (χ4v) is 2.39. The number of sulfone groups is 1. The van der Waals surface area contributed by atoms with E-state index in [2.05, 4.69) is 20.6 Å². The first-order valence-corrected chi connectivity index (χ1v) is 8.36. The molecule has 0 bridgehead atoms. The van der Waals surface area contributed by atoms with Crippen molar-refractivity contribution in [3.63, 3.8) is 0 Å². The summed E-state index contributed by atoms with van der Waals surface area (Å²) in [4.78, 5) is 8.69. The van der Waals surface area contributed by atoms with Crippen LogP contribution in [-0.2, 0) is 9.84 Å². The third kappa shape index (κ3) is 3.59. The van der Waals surface area contributed by atoms with E-state index in [1.807, 2.05) is 13.8 Å². The van der Waals surface area contributed by atoms with Crippen molar-refractivity contribution in [3.8, 4) is 0 Å². The molecule has 0 saturated carbocycles. The van der Waals surface area contributed by atoms with Gasteiger partial charge in [-0.05, 0) is 18.2 Å². The van der Waals surface area contributed by atoms with Crippen LogP contribution < -0.4 is 16.4 Å². The minimum Gasteiger partial charge on any atom is -0.326 e. The second kappa shape index (κ2) is 5.45. The first-order chi connectivity index (χ1) is 9.71. The number of nitrogens with two attached hydrogens (primary N) is 1. The molecule has 0 saturated heterocycles. The highest BCUT2D eigenvalue weighted by atomic mass is 32.2. The Labute approximate surface area is 124 Å². The Morgan fingerprint density at radius 2 is 2.10 bits per heavy atom. The van der Waals surface area contributed by atoms with Crippen LogP contribution in [-0.4, -0.2) is 32.8 Å². The smallest absolute Gasteiger partial charge is 0.209 e. The molecule has 1 aliphatic heterocycles. The van der Waals surface area contributed by atoms with Crippen LogP contribution in [0.4, 0.5) is 5.69 Å². The topological polar surface area (TPSA) is 109 Å². The molecule has 2 rings (SSSR count). The molecule has 114 valence electrons. The summed E-state index contributed by atoms with van der Waals surface area (Å²) in [6, 6.07) is 6.49. The highest BCUT2D eigenvalue weighted by Gasteiger charge is 2.29. The summed E-state index contributed by atoms with van der Waals surface area (Å²) < 4.78 is 23.1. The largest absolute Gasteiger partial charge is 0.326 e. The number of hydrogen-bond acceptors (Lipinski definition) is 7. The van der Waals surface area contributed by atoms with Crippen molar-refractivity contribution in [1.29, 1.82) is 0 Å². The minimum atomic E-state index is -3.25. The summed E-state index contributed by atoms with van der Waals surface area (Å²) >= 11 is 0. The summed E-state index contributed by atoms with van der Waals surface area (Å²) in [5, 5.41) is 5.86. The zero-order valence-corrected chi connectivity index (χ0v) is 13.0. The van der Waals surface area contributed by atoms with Crippen LogP contribution in [0.15, 0.2) is 39.1 Å². The lowest BCUT2D eigenvalue weighted by Gasteiger charge is -2.28. The molecular weight excluding hydrogens is 290 g/mol. The summed E-state index contributed by atoms with van der Waals surface area (Å²) in [5.41, 5.74) is 6.69. The number of aliphatic imine (C=N–C) groups is 2. The van der Waals surface area contributed by atoms with Gasteiger partial charge in [0.15, 0.2) is 9.84 Å². The van der Waals surface area contributed by atoms with Crippen LogP contribution in [0.5, 0.6) is 0 Å². The van der Waals surface area contributed by atoms with E-state index in [1.165, 1.54) is 12.6 Å². The molecule has 0 fully saturated rings. The predicted octanol–water partition coefficient (Wildman–Crippen LogP) is 0.758. The standard InChI is InChI=1S/C13H19N5O2S/c1-9(2)13(14)16-8-15-12(18-13)17-10-5-4-6-11(7-10)21(3,19)20/h4-9H,14H2,1-3H3,(H2,15,16,17,18). The van der Waals surface area contributed by atoms with Crippen LogP contribution in [0.2, 0.25) is 0 Å². The van der Waals surface area contributed by atoms with Gasteiger partial charge in [-0.25, -0.2) is 18.4 Å². The summed E-state index contributed by atoms with van der Waals surface area (Å²) in [6.45, 7) is 3.85. The number of nitrogens with one attached hydrogen (secondary N) is 2. The molecule has 1 aliphatic rings. The van der Waals surface area contributed by atoms with Crippen LogP contribution in [0.25, 0.3) is 0 Å². The molecular formula is C13H19N5O2S. The number of benzene rings is 1. The number of anilines is 1. The molecule has 0 spiro atoms. The second-order valence-electron chi connectivity index (χ2n) is 5.23. The molecule has 0 radical (unpaired) electrons. The van der Waals surface area contributed by atoms with E-state index in [0.717, 1.165) is 0 Å². The molecule has 0 amide bonds. The molecule has 0 aliphatic carbocycles. The van der Waals surface area contributed by atoms with E-state index in [0.29, 0.717) is 11.6 Å². The van der Waals surface area contributed by atoms with Crippen LogP contribution in [0, 0.1) is 5.92 Å². The van der Waals surface area contributed by atoms with Gasteiger partial charge in [-0.1, -0.05) is 19.9 Å². The van der Waals surface area contributed by atoms with Crippen LogP contribution in [0.1, 0.15) is 13.8 Å². The van der Waals surface area contributed by atoms with Gasteiger partial charge in [0.25, 0.3) is 0 Å². The zero-order valence-electron chi connectivity index (χ0n) is 12.2. The van der Waals surface area contributed by atoms with Crippen molar-refractivity contribution in [2.75, 3.05) is 11.6 Å². The van der Waals surface area contributed by atoms with E-state index < -0.39 is 15.6 Å². The van der Waals surface area contributed by atoms with Crippen LogP contribution >= 0.6 is 0 Å². The van der Waals surface area contributed by atoms with Gasteiger partial charge in [0.05, 0.1) is 11.2 Å². The maximum atomic E-state index is 11.6. The number of hydrogen-bond donors (Lipinski definition) is 3. The highest BCUT2D eigenvalue weighted by molar-refractivity contribution is 7.90. The third-order valence-electron chi connectivity index (χ3n) is 3.14. The van der Waals surface area contributed by atoms with Crippen molar-refractivity contribution < 1.29 is 8.42 Å². The van der Waals surface area contributed by atoms with Crippen molar-refractivity contribution >= 4 is 27.8 Å². The fourth-order valence-electron chi connectivity index (χ4n) is 1.72. The number of rotatable bonds is 3. The van der Waals surface area contributed by atoms with Crippen molar-refractivity contribution in [2.45, 2.75) is 24.5 Å². The van der Waals surface area contributed by atoms with Crippen molar-refractivity contribution in [3.05, 3.63) is 24.3 Å². The lowest BCUT2D eigenvalue weighted by molar-refractivity contribution is 0.336. The molecule has 7 nitrogen and oxygen atoms in total. The zero-order chi connectivity index (χ0) is 15.7. The monoisotopic (exact) mass is 309 g/mol. The van der Waals surface area contributed by atoms with Gasteiger partial charge >= 0.3 is 0 Å². The van der Waals surface area contributed by atoms with Gasteiger partial charge in [-0.15, -0.1) is 0 Å². The SMILES string of the molecule is CC(C)C1(N)N=CNC(Nc2cccc(S(C)(=O)=O)c2)=N1. The van der Waals surface area contributed by atoms with Gasteiger partial charge in [-0.3, -0.25) is 5.73 Å². The quantitative estimate of drug-likeness (QED) is 0.763. The van der Waals surface area contributed by atoms with Gasteiger partial charge in [0.2, 0.25) is 11.7 Å². The molecule has 4 N–H and O–H groups in total. The molecule has 0 aromatic heterocycles. The molecule has 1 aromatic rings. The lowest BCUT2D eigenvalue weighted by atomic mass is 10.1. The average molecular weight is 309 g/mol. The van der Waals surface area contributed by atoms with E-state index in [9.17, 15) is 8.42 Å². The van der Waals surface area contributed by atoms with E-state index in [1.54, 1.807) is 24.3 Å². The Balaban J connectivity index is 2.25. The molecule has 1 atom stereocenters. The Hall–Kier alpha value is -1.93. The summed E-state index contributed by atoms with van der Waals surface area (Å²) in [6.07, 6.45) is 2.65. The highest BCUT2D eigenvalue weighted by Crippen LogP contribution is 2.20. The van der Waals surface area contributed by atoms with Crippen molar-refractivity contribution in [1.82, 2.24) is 5.32 Å².